The van der Waals surface area contributed by atoms with Crippen molar-refractivity contribution in [1.29, 1.82) is 0 Å². The number of nitrogens with two attached hydrogens (primary N) is 2. The van der Waals surface area contributed by atoms with E-state index in [0.717, 1.165) is 5.56 Å². The summed E-state index contributed by atoms with van der Waals surface area (Å²) in [5, 5.41) is 0.881. The summed E-state index contributed by atoms with van der Waals surface area (Å²) in [6.45, 7) is 1.99. The third-order valence-electron chi connectivity index (χ3n) is 3.93. The summed E-state index contributed by atoms with van der Waals surface area (Å²) < 4.78 is 19.1. The predicted molar refractivity (Wildman–Crippen MR) is 104 cm³/mol. The largest absolute Gasteiger partial charge is 0.476 e. The molecule has 1 unspecified atom stereocenters. The SMILES string of the molecule is CC(C(N)=O)N(c1ccc(F)cc1)c1nc(N)c(OCc2ccccc2)s1. The highest BCUT2D eigenvalue weighted by Gasteiger charge is 2.25. The molecule has 4 N–H and O–H groups in total. The molecule has 3 aromatic rings. The van der Waals surface area contributed by atoms with Crippen LogP contribution in [0.25, 0.3) is 0 Å². The van der Waals surface area contributed by atoms with Gasteiger partial charge in [-0.05, 0) is 36.8 Å². The van der Waals surface area contributed by atoms with Gasteiger partial charge in [-0.2, -0.15) is 4.98 Å². The molecule has 1 aromatic heterocycles. The Morgan fingerprint density at radius 2 is 1.89 bits per heavy atom. The molecule has 2 aromatic carbocycles. The lowest BCUT2D eigenvalue weighted by molar-refractivity contribution is -0.118. The van der Waals surface area contributed by atoms with Crippen LogP contribution >= 0.6 is 11.3 Å². The lowest BCUT2D eigenvalue weighted by Crippen LogP contribution is -2.39. The van der Waals surface area contributed by atoms with Gasteiger partial charge in [-0.25, -0.2) is 4.39 Å². The summed E-state index contributed by atoms with van der Waals surface area (Å²) in [4.78, 5) is 17.7. The van der Waals surface area contributed by atoms with Gasteiger partial charge in [-0.1, -0.05) is 41.7 Å². The number of benzene rings is 2. The summed E-state index contributed by atoms with van der Waals surface area (Å²) >= 11 is 1.20. The number of aromatic nitrogens is 1. The Balaban J connectivity index is 1.88. The molecule has 1 heterocycles. The quantitative estimate of drug-likeness (QED) is 0.648. The van der Waals surface area contributed by atoms with Gasteiger partial charge in [0.25, 0.3) is 0 Å². The van der Waals surface area contributed by atoms with E-state index in [1.807, 2.05) is 30.3 Å². The normalized spacial score (nSPS) is 11.8. The summed E-state index contributed by atoms with van der Waals surface area (Å²) in [5.74, 6) is -0.703. The van der Waals surface area contributed by atoms with Crippen LogP contribution in [0.5, 0.6) is 5.06 Å². The number of hydrogen-bond acceptors (Lipinski definition) is 6. The first-order valence-corrected chi connectivity index (χ1v) is 9.04. The molecule has 3 rings (SSSR count). The Labute approximate surface area is 160 Å². The second-order valence-corrected chi connectivity index (χ2v) is 6.81. The van der Waals surface area contributed by atoms with Crippen LogP contribution in [0.15, 0.2) is 54.6 Å². The van der Waals surface area contributed by atoms with Gasteiger partial charge in [-0.15, -0.1) is 0 Å². The number of nitrogen functional groups attached to an aromatic ring is 1. The van der Waals surface area contributed by atoms with Crippen LogP contribution in [0.4, 0.5) is 21.0 Å². The third-order valence-corrected chi connectivity index (χ3v) is 4.91. The molecule has 1 atom stereocenters. The van der Waals surface area contributed by atoms with E-state index in [1.54, 1.807) is 24.0 Å². The van der Waals surface area contributed by atoms with Gasteiger partial charge < -0.3 is 21.1 Å². The van der Waals surface area contributed by atoms with Gasteiger partial charge in [0.1, 0.15) is 18.5 Å². The van der Waals surface area contributed by atoms with Gasteiger partial charge in [0.15, 0.2) is 10.9 Å². The van der Waals surface area contributed by atoms with Crippen molar-refractivity contribution in [3.8, 4) is 5.06 Å². The Bertz CT molecular complexity index is 915. The second-order valence-electron chi connectivity index (χ2n) is 5.87. The number of primary amides is 1. The van der Waals surface area contributed by atoms with Crippen LogP contribution in [0.2, 0.25) is 0 Å². The third kappa shape index (κ3) is 4.35. The first-order chi connectivity index (χ1) is 13.0. The van der Waals surface area contributed by atoms with E-state index in [4.69, 9.17) is 16.2 Å². The van der Waals surface area contributed by atoms with Crippen molar-refractivity contribution in [2.75, 3.05) is 10.6 Å². The van der Waals surface area contributed by atoms with E-state index >= 15 is 0 Å². The lowest BCUT2D eigenvalue weighted by Gasteiger charge is -2.26. The first-order valence-electron chi connectivity index (χ1n) is 8.23. The minimum absolute atomic E-state index is 0.217. The summed E-state index contributed by atoms with van der Waals surface area (Å²) in [5.41, 5.74) is 13.0. The van der Waals surface area contributed by atoms with Crippen LogP contribution in [0.3, 0.4) is 0 Å². The monoisotopic (exact) mass is 386 g/mol. The van der Waals surface area contributed by atoms with Gasteiger partial charge in [0, 0.05) is 5.69 Å². The number of amides is 1. The summed E-state index contributed by atoms with van der Waals surface area (Å²) in [6.07, 6.45) is 0. The van der Waals surface area contributed by atoms with Crippen molar-refractivity contribution in [3.63, 3.8) is 0 Å². The van der Waals surface area contributed by atoms with Crippen molar-refractivity contribution in [2.24, 2.45) is 5.73 Å². The number of rotatable bonds is 7. The molecule has 27 heavy (non-hydrogen) atoms. The van der Waals surface area contributed by atoms with Gasteiger partial charge in [0.2, 0.25) is 11.0 Å². The fourth-order valence-electron chi connectivity index (χ4n) is 2.46. The average Bonchev–Trinajstić information content (AvgIpc) is 3.02. The molecule has 140 valence electrons. The number of ether oxygens (including phenoxy) is 1. The molecule has 0 fully saturated rings. The van der Waals surface area contributed by atoms with Crippen molar-refractivity contribution in [1.82, 2.24) is 4.98 Å². The minimum atomic E-state index is -0.706. The Kier molecular flexibility index (Phi) is 5.56. The van der Waals surface area contributed by atoms with E-state index in [0.29, 0.717) is 22.5 Å². The zero-order valence-electron chi connectivity index (χ0n) is 14.6. The molecular formula is C19H19FN4O2S. The molecule has 0 aliphatic rings. The lowest BCUT2D eigenvalue weighted by atomic mass is 10.2. The standard InChI is InChI=1S/C19H19FN4O2S/c1-12(17(22)25)24(15-9-7-14(20)8-10-15)19-23-16(21)18(27-19)26-11-13-5-3-2-4-6-13/h2-10,12H,11,21H2,1H3,(H2,22,25). The molecule has 0 aliphatic heterocycles. The van der Waals surface area contributed by atoms with E-state index in [9.17, 15) is 9.18 Å². The van der Waals surface area contributed by atoms with Crippen molar-refractivity contribution >= 4 is 33.9 Å². The van der Waals surface area contributed by atoms with E-state index in [2.05, 4.69) is 4.98 Å². The minimum Gasteiger partial charge on any atom is -0.476 e. The molecule has 0 aliphatic carbocycles. The maximum Gasteiger partial charge on any atom is 0.240 e. The topological polar surface area (TPSA) is 94.5 Å². The van der Waals surface area contributed by atoms with Crippen LogP contribution in [-0.2, 0) is 11.4 Å². The molecule has 6 nitrogen and oxygen atoms in total. The highest BCUT2D eigenvalue weighted by Crippen LogP contribution is 2.39. The second kappa shape index (κ2) is 8.05. The van der Waals surface area contributed by atoms with Gasteiger partial charge in [0.05, 0.1) is 0 Å². The number of carbonyl (C=O) groups is 1. The Morgan fingerprint density at radius 3 is 2.52 bits per heavy atom. The van der Waals surface area contributed by atoms with Crippen LogP contribution < -0.4 is 21.1 Å². The van der Waals surface area contributed by atoms with Crippen molar-refractivity contribution in [3.05, 3.63) is 66.0 Å². The number of thiazole rings is 1. The summed E-state index contributed by atoms with van der Waals surface area (Å²) in [7, 11) is 0. The maximum atomic E-state index is 13.3. The van der Waals surface area contributed by atoms with E-state index < -0.39 is 11.9 Å². The zero-order chi connectivity index (χ0) is 19.4. The number of hydrogen-bond donors (Lipinski definition) is 2. The maximum absolute atomic E-state index is 13.3. The highest BCUT2D eigenvalue weighted by atomic mass is 32.1. The molecule has 0 radical (unpaired) electrons. The van der Waals surface area contributed by atoms with E-state index in [-0.39, 0.29) is 11.6 Å². The van der Waals surface area contributed by atoms with Crippen molar-refractivity contribution in [2.45, 2.75) is 19.6 Å². The molecule has 0 bridgehead atoms. The average molecular weight is 386 g/mol. The molecule has 0 saturated carbocycles. The molecule has 0 saturated heterocycles. The van der Waals surface area contributed by atoms with Crippen LogP contribution in [-0.4, -0.2) is 16.9 Å². The van der Waals surface area contributed by atoms with E-state index in [1.165, 1.54) is 23.5 Å². The molecular weight excluding hydrogens is 367 g/mol. The van der Waals surface area contributed by atoms with Gasteiger partial charge in [-0.3, -0.25) is 4.79 Å². The molecule has 0 spiro atoms. The first kappa shape index (κ1) is 18.7. The highest BCUT2D eigenvalue weighted by molar-refractivity contribution is 7.18. The van der Waals surface area contributed by atoms with Gasteiger partial charge >= 0.3 is 0 Å². The van der Waals surface area contributed by atoms with Crippen LogP contribution in [0.1, 0.15) is 12.5 Å². The molecule has 8 heteroatoms. The number of halogens is 1. The smallest absolute Gasteiger partial charge is 0.240 e. The Hall–Kier alpha value is -3.13. The summed E-state index contributed by atoms with van der Waals surface area (Å²) in [6, 6.07) is 14.7. The Morgan fingerprint density at radius 1 is 1.22 bits per heavy atom. The number of carbonyl (C=O) groups excluding carboxylic acids is 1. The fraction of sp³-hybridized carbons (Fsp3) is 0.158. The number of anilines is 3. The number of nitrogens with zero attached hydrogens (tertiary/aromatic N) is 2. The molecule has 1 amide bonds. The fourth-order valence-corrected chi connectivity index (χ4v) is 3.40. The van der Waals surface area contributed by atoms with Crippen LogP contribution in [0, 0.1) is 5.82 Å². The zero-order valence-corrected chi connectivity index (χ0v) is 15.4. The van der Waals surface area contributed by atoms with Crippen molar-refractivity contribution < 1.29 is 13.9 Å². The predicted octanol–water partition coefficient (Wildman–Crippen LogP) is 3.46.